The average Bonchev–Trinajstić information content (AvgIpc) is 2.75. The van der Waals surface area contributed by atoms with Crippen LogP contribution in [-0.4, -0.2) is 58.8 Å². The summed E-state index contributed by atoms with van der Waals surface area (Å²) in [5.41, 5.74) is 3.72. The van der Waals surface area contributed by atoms with Gasteiger partial charge in [-0.2, -0.15) is 0 Å². The minimum absolute atomic E-state index is 0.259. The second kappa shape index (κ2) is 12.5. The highest BCUT2D eigenvalue weighted by Crippen LogP contribution is 2.35. The summed E-state index contributed by atoms with van der Waals surface area (Å²) in [7, 11) is 3.54. The second-order valence-electron chi connectivity index (χ2n) is 8.87. The fourth-order valence-electron chi connectivity index (χ4n) is 3.25. The maximum Gasteiger partial charge on any atom is 0.307 e. The summed E-state index contributed by atoms with van der Waals surface area (Å²) < 4.78 is 5.70. The van der Waals surface area contributed by atoms with E-state index < -0.39 is 11.6 Å². The number of aliphatic hydroxyl groups is 1. The van der Waals surface area contributed by atoms with Crippen molar-refractivity contribution in [1.82, 2.24) is 10.2 Å². The molecule has 8 heteroatoms. The molecule has 1 aromatic rings. The number of allylic oxidation sites excluding steroid dienone is 3. The lowest BCUT2D eigenvalue weighted by Gasteiger charge is -2.26. The quantitative estimate of drug-likeness (QED) is 0.246. The SMILES string of the molecule is CC(C)(C)O.CNC(=S)N(C)/C(C)=C(\C(CC(=O)O)=C(\C)C=O)c1ccc2c(c1)CCCO2. The molecule has 0 atom stereocenters. The monoisotopic (exact) mass is 476 g/mol. The Morgan fingerprint density at radius 1 is 1.30 bits per heavy atom. The molecule has 0 bridgehead atoms. The van der Waals surface area contributed by atoms with Gasteiger partial charge < -0.3 is 25.2 Å². The molecule has 182 valence electrons. The largest absolute Gasteiger partial charge is 0.493 e. The predicted molar refractivity (Wildman–Crippen MR) is 135 cm³/mol. The molecule has 1 aliphatic rings. The molecule has 1 aliphatic heterocycles. The molecule has 3 N–H and O–H groups in total. The smallest absolute Gasteiger partial charge is 0.307 e. The van der Waals surface area contributed by atoms with Crippen molar-refractivity contribution in [3.63, 3.8) is 0 Å². The zero-order valence-electron chi connectivity index (χ0n) is 20.6. The zero-order valence-corrected chi connectivity index (χ0v) is 21.4. The molecule has 0 spiro atoms. The van der Waals surface area contributed by atoms with E-state index in [4.69, 9.17) is 22.1 Å². The number of benzene rings is 1. The van der Waals surface area contributed by atoms with Crippen LogP contribution in [-0.2, 0) is 16.0 Å². The van der Waals surface area contributed by atoms with Crippen molar-refractivity contribution in [3.05, 3.63) is 46.2 Å². The molecule has 7 nitrogen and oxygen atoms in total. The number of aliphatic carboxylic acids is 1. The number of thiocarbonyl (C=S) groups is 1. The highest BCUT2D eigenvalue weighted by atomic mass is 32.1. The summed E-state index contributed by atoms with van der Waals surface area (Å²) in [6.45, 7) is 9.43. The number of carboxylic acid groups (broad SMARTS) is 1. The Kier molecular flexibility index (Phi) is 10.7. The molecule has 0 aromatic heterocycles. The van der Waals surface area contributed by atoms with Gasteiger partial charge in [-0.1, -0.05) is 6.07 Å². The van der Waals surface area contributed by atoms with Crippen LogP contribution in [0.1, 0.15) is 58.6 Å². The molecule has 0 aliphatic carbocycles. The van der Waals surface area contributed by atoms with Gasteiger partial charge in [-0.05, 0) is 94.1 Å². The number of fused-ring (bicyclic) bond motifs is 1. The first-order valence-corrected chi connectivity index (χ1v) is 11.2. The third-order valence-corrected chi connectivity index (χ3v) is 5.34. The van der Waals surface area contributed by atoms with Gasteiger partial charge in [-0.25, -0.2) is 0 Å². The Balaban J connectivity index is 0.000000981. The van der Waals surface area contributed by atoms with Crippen LogP contribution in [0.5, 0.6) is 5.75 Å². The zero-order chi connectivity index (χ0) is 25.3. The van der Waals surface area contributed by atoms with Crippen LogP contribution >= 0.6 is 12.2 Å². The molecular weight excluding hydrogens is 440 g/mol. The number of aryl methyl sites for hydroxylation is 1. The summed E-state index contributed by atoms with van der Waals surface area (Å²) in [4.78, 5) is 24.8. The van der Waals surface area contributed by atoms with Crippen molar-refractivity contribution < 1.29 is 24.5 Å². The maximum atomic E-state index is 11.5. The molecule has 0 saturated heterocycles. The van der Waals surface area contributed by atoms with Crippen LogP contribution in [0.3, 0.4) is 0 Å². The van der Waals surface area contributed by atoms with Crippen LogP contribution in [0.4, 0.5) is 0 Å². The molecule has 0 fully saturated rings. The van der Waals surface area contributed by atoms with Gasteiger partial charge in [-0.15, -0.1) is 0 Å². The number of carboxylic acids is 1. The van der Waals surface area contributed by atoms with E-state index in [0.717, 1.165) is 35.4 Å². The van der Waals surface area contributed by atoms with Crippen molar-refractivity contribution in [2.75, 3.05) is 20.7 Å². The van der Waals surface area contributed by atoms with E-state index in [0.29, 0.717) is 34.7 Å². The number of rotatable bonds is 6. The van der Waals surface area contributed by atoms with Gasteiger partial charge in [0.2, 0.25) is 0 Å². The van der Waals surface area contributed by atoms with Crippen molar-refractivity contribution >= 4 is 35.2 Å². The molecule has 0 unspecified atom stereocenters. The van der Waals surface area contributed by atoms with Gasteiger partial charge in [0.25, 0.3) is 0 Å². The Morgan fingerprint density at radius 3 is 2.42 bits per heavy atom. The number of carbonyl (C=O) groups excluding carboxylic acids is 1. The third-order valence-electron chi connectivity index (χ3n) is 4.86. The van der Waals surface area contributed by atoms with Crippen molar-refractivity contribution in [3.8, 4) is 5.75 Å². The first-order valence-electron chi connectivity index (χ1n) is 10.8. The topological polar surface area (TPSA) is 99.1 Å². The molecular formula is C25H36N2O5S. The van der Waals surface area contributed by atoms with Gasteiger partial charge in [0.15, 0.2) is 5.11 Å². The summed E-state index contributed by atoms with van der Waals surface area (Å²) in [6.07, 6.45) is 2.27. The average molecular weight is 477 g/mol. The maximum absolute atomic E-state index is 11.5. The Hall–Kier alpha value is -2.71. The molecule has 33 heavy (non-hydrogen) atoms. The van der Waals surface area contributed by atoms with Gasteiger partial charge in [0, 0.05) is 25.4 Å². The molecule has 1 heterocycles. The van der Waals surface area contributed by atoms with Crippen LogP contribution in [0.25, 0.3) is 5.57 Å². The second-order valence-corrected chi connectivity index (χ2v) is 9.26. The van der Waals surface area contributed by atoms with E-state index in [2.05, 4.69) is 5.32 Å². The van der Waals surface area contributed by atoms with Crippen LogP contribution in [0.15, 0.2) is 35.0 Å². The molecule has 2 rings (SSSR count). The van der Waals surface area contributed by atoms with Gasteiger partial charge in [0.05, 0.1) is 18.6 Å². The fourth-order valence-corrected chi connectivity index (χ4v) is 3.39. The van der Waals surface area contributed by atoms with Crippen LogP contribution in [0, 0.1) is 0 Å². The predicted octanol–water partition coefficient (Wildman–Crippen LogP) is 3.95. The fraction of sp³-hybridized carbons (Fsp3) is 0.480. The number of hydrogen-bond acceptors (Lipinski definition) is 5. The highest BCUT2D eigenvalue weighted by molar-refractivity contribution is 7.80. The highest BCUT2D eigenvalue weighted by Gasteiger charge is 2.22. The van der Waals surface area contributed by atoms with E-state index >= 15 is 0 Å². The van der Waals surface area contributed by atoms with Gasteiger partial charge in [-0.3, -0.25) is 9.59 Å². The first-order chi connectivity index (χ1) is 15.3. The van der Waals surface area contributed by atoms with Crippen LogP contribution in [0.2, 0.25) is 0 Å². The molecule has 0 saturated carbocycles. The minimum Gasteiger partial charge on any atom is -0.493 e. The Bertz CT molecular complexity index is 939. The lowest BCUT2D eigenvalue weighted by molar-refractivity contribution is -0.136. The van der Waals surface area contributed by atoms with Crippen molar-refractivity contribution in [1.29, 1.82) is 0 Å². The standard InChI is InChI=1S/C21H26N2O4S.C4H10O/c1-13(12-24)17(11-19(25)26)20(14(2)23(4)21(28)22-3)16-7-8-18-15(10-16)6-5-9-27-18;1-4(2,3)5/h7-8,10,12H,5-6,9,11H2,1-4H3,(H,22,28)(H,25,26);5H,1-3H3/b17-13-,20-14-;. The normalized spacial score (nSPS) is 14.3. The van der Waals surface area contributed by atoms with Crippen LogP contribution < -0.4 is 10.1 Å². The summed E-state index contributed by atoms with van der Waals surface area (Å²) in [5, 5.41) is 21.4. The molecule has 0 amide bonds. The Labute approximate surface area is 202 Å². The van der Waals surface area contributed by atoms with Gasteiger partial charge in [0.1, 0.15) is 12.0 Å². The summed E-state index contributed by atoms with van der Waals surface area (Å²) in [6, 6.07) is 5.82. The minimum atomic E-state index is -0.998. The Morgan fingerprint density at radius 2 is 1.91 bits per heavy atom. The van der Waals surface area contributed by atoms with Gasteiger partial charge >= 0.3 is 5.97 Å². The first kappa shape index (κ1) is 28.3. The number of nitrogens with one attached hydrogen (secondary N) is 1. The number of ether oxygens (including phenoxy) is 1. The number of hydrogen-bond donors (Lipinski definition) is 3. The third kappa shape index (κ3) is 8.98. The lowest BCUT2D eigenvalue weighted by atomic mass is 9.88. The molecule has 0 radical (unpaired) electrons. The van der Waals surface area contributed by atoms with E-state index in [1.54, 1.807) is 39.6 Å². The van der Waals surface area contributed by atoms with Crippen molar-refractivity contribution in [2.45, 2.75) is 59.5 Å². The number of aldehydes is 1. The summed E-state index contributed by atoms with van der Waals surface area (Å²) in [5.74, 6) is -0.149. The van der Waals surface area contributed by atoms with E-state index in [1.165, 1.54) is 0 Å². The molecule has 1 aromatic carbocycles. The number of nitrogens with zero attached hydrogens (tertiary/aromatic N) is 1. The number of carbonyl (C=O) groups is 2. The van der Waals surface area contributed by atoms with E-state index in [1.807, 2.05) is 32.2 Å². The summed E-state index contributed by atoms with van der Waals surface area (Å²) >= 11 is 5.35. The van der Waals surface area contributed by atoms with E-state index in [-0.39, 0.29) is 6.42 Å². The van der Waals surface area contributed by atoms with E-state index in [9.17, 15) is 14.7 Å². The van der Waals surface area contributed by atoms with Crippen molar-refractivity contribution in [2.24, 2.45) is 0 Å². The lowest BCUT2D eigenvalue weighted by Crippen LogP contribution is -2.34.